The van der Waals surface area contributed by atoms with Gasteiger partial charge in [-0.05, 0) is 12.8 Å². The molecule has 0 spiro atoms. The maximum atomic E-state index is 11.3. The van der Waals surface area contributed by atoms with E-state index in [0.717, 1.165) is 12.1 Å². The molecule has 0 saturated carbocycles. The average Bonchev–Trinajstić information content (AvgIpc) is 2.51. The first-order valence-electron chi connectivity index (χ1n) is 4.62. The molecule has 0 amide bonds. The Morgan fingerprint density at radius 3 is 2.71 bits per heavy atom. The lowest BCUT2D eigenvalue weighted by molar-refractivity contribution is 0.599. The molecule has 0 aliphatic heterocycles. The van der Waals surface area contributed by atoms with Crippen LogP contribution in [-0.2, 0) is 16.4 Å². The number of aromatic nitrogens is 2. The van der Waals surface area contributed by atoms with E-state index in [-0.39, 0.29) is 5.75 Å². The minimum Gasteiger partial charge on any atom is -0.280 e. The zero-order valence-corrected chi connectivity index (χ0v) is 9.19. The van der Waals surface area contributed by atoms with Crippen LogP contribution in [0.2, 0.25) is 0 Å². The third-order valence-electron chi connectivity index (χ3n) is 1.74. The number of H-pyrrole nitrogens is 1. The number of hydrogen-bond acceptors (Lipinski definition) is 3. The van der Waals surface area contributed by atoms with E-state index in [1.807, 2.05) is 13.8 Å². The van der Waals surface area contributed by atoms with Gasteiger partial charge in [-0.25, -0.2) is 8.42 Å². The average molecular weight is 217 g/mol. The lowest BCUT2D eigenvalue weighted by atomic mass is 10.3. The number of aromatic amines is 1. The monoisotopic (exact) mass is 217 g/mol. The number of sulfonamides is 1. The summed E-state index contributed by atoms with van der Waals surface area (Å²) in [5.74, 6) is 0.497. The Labute approximate surface area is 84.0 Å². The highest BCUT2D eigenvalue weighted by Crippen LogP contribution is 2.08. The van der Waals surface area contributed by atoms with Crippen molar-refractivity contribution in [2.24, 2.45) is 0 Å². The number of hydrogen-bond donors (Lipinski definition) is 2. The molecule has 0 aliphatic carbocycles. The fourth-order valence-corrected chi connectivity index (χ4v) is 2.14. The fourth-order valence-electron chi connectivity index (χ4n) is 1.07. The molecule has 80 valence electrons. The molecule has 0 radical (unpaired) electrons. The van der Waals surface area contributed by atoms with Gasteiger partial charge < -0.3 is 0 Å². The van der Waals surface area contributed by atoms with E-state index in [2.05, 4.69) is 14.9 Å². The Kier molecular flexibility index (Phi) is 3.51. The molecule has 1 aromatic rings. The molecule has 0 unspecified atom stereocenters. The lowest BCUT2D eigenvalue weighted by Crippen LogP contribution is -2.16. The first kappa shape index (κ1) is 11.0. The molecule has 1 heterocycles. The Hall–Kier alpha value is -1.04. The molecule has 2 N–H and O–H groups in total. The van der Waals surface area contributed by atoms with E-state index in [0.29, 0.717) is 12.2 Å². The topological polar surface area (TPSA) is 74.8 Å². The van der Waals surface area contributed by atoms with E-state index in [1.54, 1.807) is 6.07 Å². The summed E-state index contributed by atoms with van der Waals surface area (Å²) in [6.07, 6.45) is 1.41. The van der Waals surface area contributed by atoms with Crippen LogP contribution in [0.1, 0.15) is 26.0 Å². The summed E-state index contributed by atoms with van der Waals surface area (Å²) in [4.78, 5) is 0. The highest BCUT2D eigenvalue weighted by molar-refractivity contribution is 7.92. The van der Waals surface area contributed by atoms with Crippen molar-refractivity contribution >= 4 is 15.8 Å². The summed E-state index contributed by atoms with van der Waals surface area (Å²) in [5, 5.41) is 6.58. The molecule has 0 bridgehead atoms. The second-order valence-electron chi connectivity index (χ2n) is 3.05. The Balaban J connectivity index is 2.69. The molecule has 0 aromatic carbocycles. The molecule has 1 aromatic heterocycles. The number of aryl methyl sites for hydroxylation is 1. The van der Waals surface area contributed by atoms with Crippen molar-refractivity contribution in [3.63, 3.8) is 0 Å². The van der Waals surface area contributed by atoms with Gasteiger partial charge in [-0.15, -0.1) is 0 Å². The highest BCUT2D eigenvalue weighted by Gasteiger charge is 2.10. The van der Waals surface area contributed by atoms with Crippen molar-refractivity contribution in [1.82, 2.24) is 10.2 Å². The summed E-state index contributed by atoms with van der Waals surface area (Å²) >= 11 is 0. The first-order valence-corrected chi connectivity index (χ1v) is 6.27. The van der Waals surface area contributed by atoms with Gasteiger partial charge in [-0.1, -0.05) is 13.8 Å². The molecule has 1 rings (SSSR count). The van der Waals surface area contributed by atoms with Crippen molar-refractivity contribution in [3.8, 4) is 0 Å². The number of nitrogens with one attached hydrogen (secondary N) is 2. The third kappa shape index (κ3) is 3.02. The molecular weight excluding hydrogens is 202 g/mol. The Morgan fingerprint density at radius 1 is 1.50 bits per heavy atom. The van der Waals surface area contributed by atoms with Gasteiger partial charge in [0.2, 0.25) is 10.0 Å². The van der Waals surface area contributed by atoms with Crippen LogP contribution in [0.5, 0.6) is 0 Å². The maximum absolute atomic E-state index is 11.3. The molecule has 14 heavy (non-hydrogen) atoms. The maximum Gasteiger partial charge on any atom is 0.233 e. The third-order valence-corrected chi connectivity index (χ3v) is 3.21. The van der Waals surface area contributed by atoms with E-state index < -0.39 is 10.0 Å². The predicted octanol–water partition coefficient (Wildman–Crippen LogP) is 1.12. The zero-order chi connectivity index (χ0) is 10.6. The molecule has 0 aliphatic rings. The minimum atomic E-state index is -3.21. The smallest absolute Gasteiger partial charge is 0.233 e. The van der Waals surface area contributed by atoms with Gasteiger partial charge in [0.15, 0.2) is 5.82 Å². The summed E-state index contributed by atoms with van der Waals surface area (Å²) in [6, 6.07) is 1.70. The molecule has 5 nitrogen and oxygen atoms in total. The van der Waals surface area contributed by atoms with E-state index >= 15 is 0 Å². The van der Waals surface area contributed by atoms with Gasteiger partial charge in [-0.3, -0.25) is 9.82 Å². The predicted molar refractivity (Wildman–Crippen MR) is 55.7 cm³/mol. The van der Waals surface area contributed by atoms with Crippen LogP contribution in [0.4, 0.5) is 5.82 Å². The summed E-state index contributed by atoms with van der Waals surface area (Å²) < 4.78 is 25.1. The molecule has 6 heteroatoms. The summed E-state index contributed by atoms with van der Waals surface area (Å²) in [7, 11) is -3.21. The van der Waals surface area contributed by atoms with Crippen molar-refractivity contribution in [2.45, 2.75) is 26.7 Å². The molecular formula is C8H15N3O2S. The van der Waals surface area contributed by atoms with Crippen LogP contribution in [0, 0.1) is 0 Å². The molecule has 0 fully saturated rings. The van der Waals surface area contributed by atoms with Crippen LogP contribution < -0.4 is 4.72 Å². The van der Waals surface area contributed by atoms with Crippen molar-refractivity contribution in [2.75, 3.05) is 10.5 Å². The highest BCUT2D eigenvalue weighted by atomic mass is 32.2. The zero-order valence-electron chi connectivity index (χ0n) is 8.37. The molecule has 0 atom stereocenters. The number of nitrogens with zero attached hydrogens (tertiary/aromatic N) is 1. The van der Waals surface area contributed by atoms with E-state index in [1.165, 1.54) is 0 Å². The standard InChI is InChI=1S/C8H15N3O2S/c1-3-5-14(12,13)11-8-6-7(4-2)9-10-8/h6H,3-5H2,1-2H3,(H2,9,10,11). The van der Waals surface area contributed by atoms with Gasteiger partial charge in [0, 0.05) is 11.8 Å². The summed E-state index contributed by atoms with van der Waals surface area (Å²) in [5.41, 5.74) is 0.916. The second kappa shape index (κ2) is 4.45. The molecule has 0 saturated heterocycles. The van der Waals surface area contributed by atoms with Crippen LogP contribution in [0.15, 0.2) is 6.07 Å². The van der Waals surface area contributed by atoms with Gasteiger partial charge in [0.1, 0.15) is 0 Å². The van der Waals surface area contributed by atoms with Crippen LogP contribution in [-0.4, -0.2) is 24.4 Å². The second-order valence-corrected chi connectivity index (χ2v) is 4.89. The van der Waals surface area contributed by atoms with Crippen LogP contribution in [0.25, 0.3) is 0 Å². The van der Waals surface area contributed by atoms with Gasteiger partial charge in [0.25, 0.3) is 0 Å². The lowest BCUT2D eigenvalue weighted by Gasteiger charge is -2.01. The van der Waals surface area contributed by atoms with Crippen molar-refractivity contribution in [3.05, 3.63) is 11.8 Å². The van der Waals surface area contributed by atoms with Crippen LogP contribution in [0.3, 0.4) is 0 Å². The van der Waals surface area contributed by atoms with E-state index in [4.69, 9.17) is 0 Å². The van der Waals surface area contributed by atoms with Crippen LogP contribution >= 0.6 is 0 Å². The summed E-state index contributed by atoms with van der Waals surface area (Å²) in [6.45, 7) is 3.79. The fraction of sp³-hybridized carbons (Fsp3) is 0.625. The van der Waals surface area contributed by atoms with Gasteiger partial charge in [-0.2, -0.15) is 5.10 Å². The first-order chi connectivity index (χ1) is 6.57. The van der Waals surface area contributed by atoms with Gasteiger partial charge >= 0.3 is 0 Å². The Bertz CT molecular complexity index is 383. The van der Waals surface area contributed by atoms with Crippen molar-refractivity contribution < 1.29 is 8.42 Å². The number of rotatable bonds is 5. The normalized spacial score (nSPS) is 11.6. The van der Waals surface area contributed by atoms with Gasteiger partial charge in [0.05, 0.1) is 5.75 Å². The van der Waals surface area contributed by atoms with E-state index in [9.17, 15) is 8.42 Å². The minimum absolute atomic E-state index is 0.126. The van der Waals surface area contributed by atoms with Crippen molar-refractivity contribution in [1.29, 1.82) is 0 Å². The quantitative estimate of drug-likeness (QED) is 0.776. The Morgan fingerprint density at radius 2 is 2.21 bits per heavy atom. The number of anilines is 1. The largest absolute Gasteiger partial charge is 0.280 e. The SMILES string of the molecule is CCCS(=O)(=O)Nc1cc(CC)[nH]n1.